The van der Waals surface area contributed by atoms with Crippen LogP contribution in [0.3, 0.4) is 0 Å². The van der Waals surface area contributed by atoms with E-state index in [9.17, 15) is 18.0 Å². The van der Waals surface area contributed by atoms with Gasteiger partial charge in [0.25, 0.3) is 10.0 Å². The van der Waals surface area contributed by atoms with Gasteiger partial charge in [-0.25, -0.2) is 27.7 Å². The zero-order valence-electron chi connectivity index (χ0n) is 14.2. The molecule has 0 bridgehead atoms. The highest BCUT2D eigenvalue weighted by Crippen LogP contribution is 2.25. The van der Waals surface area contributed by atoms with Crippen molar-refractivity contribution in [1.29, 1.82) is 0 Å². The van der Waals surface area contributed by atoms with E-state index in [0.29, 0.717) is 12.0 Å². The summed E-state index contributed by atoms with van der Waals surface area (Å²) in [6, 6.07) is 3.66. The molecule has 0 fully saturated rings. The van der Waals surface area contributed by atoms with E-state index in [0.717, 1.165) is 12.1 Å². The number of carbonyl (C=O) groups is 2. The quantitative estimate of drug-likeness (QED) is 0.607. The normalized spacial score (nSPS) is 10.9. The van der Waals surface area contributed by atoms with Crippen LogP contribution in [0, 0.1) is 0 Å². The second-order valence-electron chi connectivity index (χ2n) is 5.04. The van der Waals surface area contributed by atoms with Crippen LogP contribution in [0.1, 0.15) is 22.8 Å². The lowest BCUT2D eigenvalue weighted by atomic mass is 10.2. The number of nitrogens with zero attached hydrogens (tertiary/aromatic N) is 2. The largest absolute Gasteiger partial charge is 0.481 e. The number of rotatable bonds is 6. The second kappa shape index (κ2) is 8.18. The molecule has 0 aliphatic rings. The maximum absolute atomic E-state index is 12.3. The highest BCUT2D eigenvalue weighted by Gasteiger charge is 2.24. The summed E-state index contributed by atoms with van der Waals surface area (Å²) in [7, 11) is -3.10. The molecule has 0 radical (unpaired) electrons. The molecule has 0 spiro atoms. The summed E-state index contributed by atoms with van der Waals surface area (Å²) >= 11 is 6.00. The van der Waals surface area contributed by atoms with Crippen LogP contribution in [-0.2, 0) is 16.4 Å². The predicted molar refractivity (Wildman–Crippen MR) is 95.7 cm³/mol. The van der Waals surface area contributed by atoms with Crippen molar-refractivity contribution in [1.82, 2.24) is 14.7 Å². The first-order valence-electron chi connectivity index (χ1n) is 7.46. The van der Waals surface area contributed by atoms with Crippen LogP contribution in [0.5, 0.6) is 5.88 Å². The molecule has 3 N–H and O–H groups in total. The van der Waals surface area contributed by atoms with Crippen molar-refractivity contribution in [3.05, 3.63) is 40.5 Å². The molecule has 0 aliphatic carbocycles. The Bertz CT molecular complexity index is 996. The monoisotopic (exact) mass is 414 g/mol. The van der Waals surface area contributed by atoms with Crippen molar-refractivity contribution in [3.63, 3.8) is 0 Å². The minimum atomic E-state index is -4.46. The first-order chi connectivity index (χ1) is 12.7. The van der Waals surface area contributed by atoms with E-state index in [4.69, 9.17) is 21.4 Å². The molecule has 1 aromatic heterocycles. The van der Waals surface area contributed by atoms with E-state index in [1.54, 1.807) is 11.6 Å². The topological polar surface area (TPSA) is 148 Å². The summed E-state index contributed by atoms with van der Waals surface area (Å²) in [5, 5.41) is 11.3. The molecule has 144 valence electrons. The van der Waals surface area contributed by atoms with Crippen molar-refractivity contribution in [3.8, 4) is 5.88 Å². The highest BCUT2D eigenvalue weighted by atomic mass is 35.5. The average molecular weight is 415 g/mol. The number of carboxylic acids is 1. The lowest BCUT2D eigenvalue weighted by Crippen LogP contribution is -2.35. The molecule has 2 amide bonds. The Hall–Kier alpha value is -2.92. The number of methoxy groups -OCH3 is 1. The SMILES string of the molecule is CCc1c(Cl)nc(NC(=O)NS(=O)(=O)c2ccccc2C(=O)O)nc1OC. The van der Waals surface area contributed by atoms with Crippen LogP contribution >= 0.6 is 11.6 Å². The number of hydrogen-bond acceptors (Lipinski definition) is 7. The maximum atomic E-state index is 12.3. The number of aromatic nitrogens is 2. The summed E-state index contributed by atoms with van der Waals surface area (Å²) in [6.45, 7) is 1.80. The first kappa shape index (κ1) is 20.4. The molecule has 0 atom stereocenters. The lowest BCUT2D eigenvalue weighted by Gasteiger charge is -2.12. The van der Waals surface area contributed by atoms with Crippen molar-refractivity contribution >= 4 is 39.6 Å². The minimum Gasteiger partial charge on any atom is -0.481 e. The van der Waals surface area contributed by atoms with Gasteiger partial charge >= 0.3 is 12.0 Å². The van der Waals surface area contributed by atoms with E-state index >= 15 is 0 Å². The fourth-order valence-electron chi connectivity index (χ4n) is 2.14. The Morgan fingerprint density at radius 2 is 1.93 bits per heavy atom. The zero-order chi connectivity index (χ0) is 20.2. The van der Waals surface area contributed by atoms with Crippen molar-refractivity contribution in [2.24, 2.45) is 0 Å². The number of amides is 2. The Morgan fingerprint density at radius 1 is 1.26 bits per heavy atom. The molecule has 0 aliphatic heterocycles. The molecule has 27 heavy (non-hydrogen) atoms. The fraction of sp³-hybridized carbons (Fsp3) is 0.200. The Balaban J connectivity index is 2.26. The molecule has 0 saturated carbocycles. The average Bonchev–Trinajstić information content (AvgIpc) is 2.60. The third-order valence-corrected chi connectivity index (χ3v) is 5.03. The van der Waals surface area contributed by atoms with Gasteiger partial charge in [-0.3, -0.25) is 5.32 Å². The van der Waals surface area contributed by atoms with Gasteiger partial charge in [0.2, 0.25) is 11.8 Å². The lowest BCUT2D eigenvalue weighted by molar-refractivity contribution is 0.0692. The number of urea groups is 1. The number of hydrogen-bond donors (Lipinski definition) is 3. The molecule has 10 nitrogen and oxygen atoms in total. The molecule has 2 rings (SSSR count). The number of benzene rings is 1. The van der Waals surface area contributed by atoms with Crippen LogP contribution < -0.4 is 14.8 Å². The standard InChI is InChI=1S/C15H15ClN4O6S/c1-3-8-11(16)17-14(18-12(8)26-2)19-15(23)20-27(24,25)10-7-5-4-6-9(10)13(21)22/h4-7H,3H2,1-2H3,(H,21,22)(H2,17,18,19,20,23). The van der Waals surface area contributed by atoms with Crippen LogP contribution in [0.2, 0.25) is 5.15 Å². The molecular formula is C15H15ClN4O6S. The molecule has 0 saturated heterocycles. The Labute approximate surface area is 159 Å². The van der Waals surface area contributed by atoms with Gasteiger partial charge in [0.15, 0.2) is 0 Å². The Morgan fingerprint density at radius 3 is 2.52 bits per heavy atom. The van der Waals surface area contributed by atoms with Crippen molar-refractivity contribution in [2.75, 3.05) is 12.4 Å². The maximum Gasteiger partial charge on any atom is 0.337 e. The summed E-state index contributed by atoms with van der Waals surface area (Å²) in [4.78, 5) is 30.4. The van der Waals surface area contributed by atoms with Crippen molar-refractivity contribution < 1.29 is 27.9 Å². The molecule has 12 heteroatoms. The smallest absolute Gasteiger partial charge is 0.337 e. The Kier molecular flexibility index (Phi) is 6.18. The van der Waals surface area contributed by atoms with E-state index < -0.39 is 32.5 Å². The van der Waals surface area contributed by atoms with Crippen molar-refractivity contribution in [2.45, 2.75) is 18.2 Å². The van der Waals surface area contributed by atoms with Gasteiger partial charge in [-0.2, -0.15) is 4.98 Å². The molecular weight excluding hydrogens is 400 g/mol. The van der Waals surface area contributed by atoms with E-state index in [2.05, 4.69) is 15.3 Å². The molecule has 2 aromatic rings. The number of ether oxygens (including phenoxy) is 1. The van der Waals surface area contributed by atoms with Crippen LogP contribution in [-0.4, -0.2) is 42.6 Å². The third kappa shape index (κ3) is 4.63. The van der Waals surface area contributed by atoms with Crippen LogP contribution in [0.4, 0.5) is 10.7 Å². The number of nitrogens with one attached hydrogen (secondary N) is 2. The number of aromatic carboxylic acids is 1. The van der Waals surface area contributed by atoms with Gasteiger partial charge in [-0.1, -0.05) is 30.7 Å². The van der Waals surface area contributed by atoms with E-state index in [1.807, 2.05) is 0 Å². The second-order valence-corrected chi connectivity index (χ2v) is 7.05. The van der Waals surface area contributed by atoms with Gasteiger partial charge in [0.1, 0.15) is 10.0 Å². The zero-order valence-corrected chi connectivity index (χ0v) is 15.8. The first-order valence-corrected chi connectivity index (χ1v) is 9.32. The minimum absolute atomic E-state index is 0.0405. The summed E-state index contributed by atoms with van der Waals surface area (Å²) in [6.07, 6.45) is 0.481. The summed E-state index contributed by atoms with van der Waals surface area (Å²) in [5.41, 5.74) is 0.0409. The number of carboxylic acid groups (broad SMARTS) is 1. The number of sulfonamides is 1. The highest BCUT2D eigenvalue weighted by molar-refractivity contribution is 7.90. The van der Waals surface area contributed by atoms with Crippen LogP contribution in [0.25, 0.3) is 0 Å². The number of anilines is 1. The predicted octanol–water partition coefficient (Wildman–Crippen LogP) is 1.91. The van der Waals surface area contributed by atoms with Gasteiger partial charge in [-0.15, -0.1) is 0 Å². The van der Waals surface area contributed by atoms with Gasteiger partial charge in [0.05, 0.1) is 18.2 Å². The third-order valence-electron chi connectivity index (χ3n) is 3.32. The van der Waals surface area contributed by atoms with Crippen LogP contribution in [0.15, 0.2) is 29.2 Å². The molecule has 1 aromatic carbocycles. The van der Waals surface area contributed by atoms with E-state index in [-0.39, 0.29) is 17.0 Å². The summed E-state index contributed by atoms with van der Waals surface area (Å²) in [5.74, 6) is -1.61. The van der Waals surface area contributed by atoms with Gasteiger partial charge in [0, 0.05) is 0 Å². The number of carbonyl (C=O) groups excluding carboxylic acids is 1. The molecule has 0 unspecified atom stereocenters. The van der Waals surface area contributed by atoms with Gasteiger partial charge in [-0.05, 0) is 18.6 Å². The fourth-order valence-corrected chi connectivity index (χ4v) is 3.54. The molecule has 1 heterocycles. The number of halogens is 1. The van der Waals surface area contributed by atoms with E-state index in [1.165, 1.54) is 19.2 Å². The summed E-state index contributed by atoms with van der Waals surface area (Å²) < 4.78 is 31.4. The van der Waals surface area contributed by atoms with Gasteiger partial charge < -0.3 is 9.84 Å².